The fourth-order valence-corrected chi connectivity index (χ4v) is 3.30. The molecule has 5 nitrogen and oxygen atoms in total. The molecule has 3 amide bonds. The summed E-state index contributed by atoms with van der Waals surface area (Å²) in [6.45, 7) is 3.05. The molecule has 0 aromatic heterocycles. The lowest BCUT2D eigenvalue weighted by molar-refractivity contribution is -0.124. The van der Waals surface area contributed by atoms with E-state index in [9.17, 15) is 9.59 Å². The molecule has 1 atom stereocenters. The van der Waals surface area contributed by atoms with Crippen LogP contribution in [0.4, 0.5) is 4.79 Å². The molecule has 2 aromatic carbocycles. The summed E-state index contributed by atoms with van der Waals surface area (Å²) in [4.78, 5) is 25.2. The van der Waals surface area contributed by atoms with Gasteiger partial charge in [0.2, 0.25) is 5.91 Å². The summed E-state index contributed by atoms with van der Waals surface area (Å²) in [5.74, 6) is -0.141. The molecule has 1 saturated heterocycles. The lowest BCUT2D eigenvalue weighted by atomic mass is 10.0. The zero-order valence-electron chi connectivity index (χ0n) is 14.4. The quantitative estimate of drug-likeness (QED) is 0.900. The van der Waals surface area contributed by atoms with Crippen molar-refractivity contribution in [1.82, 2.24) is 10.2 Å². The minimum atomic E-state index is -0.529. The van der Waals surface area contributed by atoms with Crippen LogP contribution in [-0.2, 0) is 11.3 Å². The normalized spacial score (nSPS) is 16.7. The van der Waals surface area contributed by atoms with Crippen molar-refractivity contribution in [3.05, 3.63) is 59.7 Å². The molecule has 2 aromatic rings. The van der Waals surface area contributed by atoms with Crippen molar-refractivity contribution in [2.24, 2.45) is 5.73 Å². The monoisotopic (exact) mass is 337 g/mol. The maximum absolute atomic E-state index is 12.4. The first-order chi connectivity index (χ1) is 12.0. The van der Waals surface area contributed by atoms with Gasteiger partial charge in [0.05, 0.1) is 0 Å². The van der Waals surface area contributed by atoms with Gasteiger partial charge in [-0.2, -0.15) is 0 Å². The van der Waals surface area contributed by atoms with Gasteiger partial charge >= 0.3 is 6.03 Å². The van der Waals surface area contributed by atoms with E-state index in [1.54, 1.807) is 0 Å². The van der Waals surface area contributed by atoms with E-state index in [1.807, 2.05) is 18.2 Å². The van der Waals surface area contributed by atoms with Crippen LogP contribution < -0.4 is 11.1 Å². The summed E-state index contributed by atoms with van der Waals surface area (Å²) in [6, 6.07) is 15.5. The highest BCUT2D eigenvalue weighted by atomic mass is 16.2. The number of likely N-dealkylation sites (tertiary alicyclic amines) is 1. The van der Waals surface area contributed by atoms with E-state index in [0.29, 0.717) is 19.5 Å². The molecule has 0 bridgehead atoms. The Morgan fingerprint density at radius 3 is 2.60 bits per heavy atom. The first-order valence-corrected chi connectivity index (χ1v) is 8.54. The molecule has 0 unspecified atom stereocenters. The van der Waals surface area contributed by atoms with E-state index in [0.717, 1.165) is 23.1 Å². The number of primary amides is 1. The van der Waals surface area contributed by atoms with Crippen molar-refractivity contribution in [2.45, 2.75) is 32.4 Å². The number of carbonyl (C=O) groups is 2. The molecule has 1 fully saturated rings. The molecule has 0 spiro atoms. The average molecular weight is 337 g/mol. The predicted molar refractivity (Wildman–Crippen MR) is 97.8 cm³/mol. The van der Waals surface area contributed by atoms with Gasteiger partial charge in [-0.15, -0.1) is 0 Å². The second-order valence-corrected chi connectivity index (χ2v) is 6.48. The van der Waals surface area contributed by atoms with E-state index in [-0.39, 0.29) is 5.91 Å². The Morgan fingerprint density at radius 2 is 1.88 bits per heavy atom. The average Bonchev–Trinajstić information content (AvgIpc) is 3.10. The van der Waals surface area contributed by atoms with E-state index >= 15 is 0 Å². The van der Waals surface area contributed by atoms with Crippen LogP contribution in [0.3, 0.4) is 0 Å². The lowest BCUT2D eigenvalue weighted by Crippen LogP contribution is -2.47. The van der Waals surface area contributed by atoms with Crippen molar-refractivity contribution in [3.63, 3.8) is 0 Å². The second-order valence-electron chi connectivity index (χ2n) is 6.48. The number of amides is 3. The van der Waals surface area contributed by atoms with Crippen LogP contribution in [-0.4, -0.2) is 29.4 Å². The van der Waals surface area contributed by atoms with Crippen LogP contribution in [0.1, 0.15) is 24.0 Å². The molecule has 3 N–H and O–H groups in total. The number of nitrogens with zero attached hydrogens (tertiary/aromatic N) is 1. The number of benzene rings is 2. The fraction of sp³-hybridized carbons (Fsp3) is 0.300. The Kier molecular flexibility index (Phi) is 5.03. The number of nitrogens with one attached hydrogen (secondary N) is 1. The third-order valence-electron chi connectivity index (χ3n) is 4.58. The van der Waals surface area contributed by atoms with Crippen LogP contribution >= 0.6 is 0 Å². The number of hydrogen-bond donors (Lipinski definition) is 2. The fourth-order valence-electron chi connectivity index (χ4n) is 3.30. The summed E-state index contributed by atoms with van der Waals surface area (Å²) in [5, 5.41) is 2.93. The van der Waals surface area contributed by atoms with Gasteiger partial charge in [-0.25, -0.2) is 4.79 Å². The van der Waals surface area contributed by atoms with Gasteiger partial charge in [0, 0.05) is 13.1 Å². The van der Waals surface area contributed by atoms with Gasteiger partial charge in [0.15, 0.2) is 0 Å². The summed E-state index contributed by atoms with van der Waals surface area (Å²) in [6.07, 6.45) is 1.47. The summed E-state index contributed by atoms with van der Waals surface area (Å²) in [7, 11) is 0. The molecule has 0 radical (unpaired) electrons. The molecule has 5 heteroatoms. The highest BCUT2D eigenvalue weighted by Crippen LogP contribution is 2.22. The van der Waals surface area contributed by atoms with Crippen molar-refractivity contribution in [2.75, 3.05) is 6.54 Å². The molecular formula is C20H23N3O2. The molecule has 0 saturated carbocycles. The zero-order chi connectivity index (χ0) is 17.8. The molecule has 1 aliphatic heterocycles. The number of nitrogens with two attached hydrogens (primary N) is 1. The maximum atomic E-state index is 12.4. The summed E-state index contributed by atoms with van der Waals surface area (Å²) in [5.41, 5.74) is 9.85. The van der Waals surface area contributed by atoms with Crippen molar-refractivity contribution >= 4 is 11.9 Å². The SMILES string of the molecule is Cc1cccc(-c2cccc(CNC(=O)[C@@H]3CCCN3C(N)=O)c2)c1. The van der Waals surface area contributed by atoms with Crippen LogP contribution in [0, 0.1) is 6.92 Å². The van der Waals surface area contributed by atoms with E-state index in [1.165, 1.54) is 10.5 Å². The highest BCUT2D eigenvalue weighted by Gasteiger charge is 2.32. The molecule has 0 aliphatic carbocycles. The Labute approximate surface area is 147 Å². The largest absolute Gasteiger partial charge is 0.351 e. The number of aryl methyl sites for hydroxylation is 1. The molecule has 1 heterocycles. The highest BCUT2D eigenvalue weighted by molar-refractivity contribution is 5.87. The van der Waals surface area contributed by atoms with Crippen molar-refractivity contribution in [3.8, 4) is 11.1 Å². The van der Waals surface area contributed by atoms with Gasteiger partial charge in [0.1, 0.15) is 6.04 Å². The van der Waals surface area contributed by atoms with Crippen LogP contribution in [0.5, 0.6) is 0 Å². The first kappa shape index (κ1) is 17.0. The molecule has 3 rings (SSSR count). The Hall–Kier alpha value is -2.82. The number of hydrogen-bond acceptors (Lipinski definition) is 2. The Morgan fingerprint density at radius 1 is 1.16 bits per heavy atom. The molecule has 1 aliphatic rings. The second kappa shape index (κ2) is 7.38. The Bertz CT molecular complexity index is 788. The maximum Gasteiger partial charge on any atom is 0.315 e. The minimum Gasteiger partial charge on any atom is -0.351 e. The molecule has 130 valence electrons. The van der Waals surface area contributed by atoms with Crippen LogP contribution in [0.25, 0.3) is 11.1 Å². The predicted octanol–water partition coefficient (Wildman–Crippen LogP) is 2.82. The molecule has 25 heavy (non-hydrogen) atoms. The van der Waals surface area contributed by atoms with Gasteiger partial charge in [-0.05, 0) is 42.5 Å². The van der Waals surface area contributed by atoms with Gasteiger partial charge < -0.3 is 16.0 Å². The van der Waals surface area contributed by atoms with E-state index in [2.05, 4.69) is 42.6 Å². The van der Waals surface area contributed by atoms with Crippen molar-refractivity contribution < 1.29 is 9.59 Å². The third-order valence-corrected chi connectivity index (χ3v) is 4.58. The minimum absolute atomic E-state index is 0.141. The number of carbonyl (C=O) groups excluding carboxylic acids is 2. The topological polar surface area (TPSA) is 75.4 Å². The number of urea groups is 1. The van der Waals surface area contributed by atoms with Gasteiger partial charge in [-0.3, -0.25) is 4.79 Å². The number of rotatable bonds is 4. The van der Waals surface area contributed by atoms with Crippen molar-refractivity contribution in [1.29, 1.82) is 0 Å². The first-order valence-electron chi connectivity index (χ1n) is 8.54. The van der Waals surface area contributed by atoms with Crippen LogP contribution in [0.2, 0.25) is 0 Å². The molecular weight excluding hydrogens is 314 g/mol. The summed E-state index contributed by atoms with van der Waals surface area (Å²) < 4.78 is 0. The van der Waals surface area contributed by atoms with Gasteiger partial charge in [0.25, 0.3) is 0 Å². The van der Waals surface area contributed by atoms with Crippen LogP contribution in [0.15, 0.2) is 48.5 Å². The Balaban J connectivity index is 1.67. The summed E-state index contributed by atoms with van der Waals surface area (Å²) >= 11 is 0. The lowest BCUT2D eigenvalue weighted by Gasteiger charge is -2.21. The third kappa shape index (κ3) is 3.99. The zero-order valence-corrected chi connectivity index (χ0v) is 14.4. The standard InChI is InChI=1S/C20H23N3O2/c1-14-5-2-7-16(11-14)17-8-3-6-15(12-17)13-22-19(24)18-9-4-10-23(18)20(21)25/h2-3,5-8,11-12,18H,4,9-10,13H2,1H3,(H2,21,25)(H,22,24)/t18-/m0/s1. The van der Waals surface area contributed by atoms with E-state index < -0.39 is 12.1 Å². The smallest absolute Gasteiger partial charge is 0.315 e. The van der Waals surface area contributed by atoms with Gasteiger partial charge in [-0.1, -0.05) is 48.0 Å². The van der Waals surface area contributed by atoms with E-state index in [4.69, 9.17) is 5.73 Å².